The summed E-state index contributed by atoms with van der Waals surface area (Å²) in [5, 5.41) is 11.7. The van der Waals surface area contributed by atoms with Crippen molar-refractivity contribution in [1.82, 2.24) is 0 Å². The molecule has 0 atom stereocenters. The molecule has 1 N–H and O–H groups in total. The van der Waals surface area contributed by atoms with E-state index in [0.717, 1.165) is 42.4 Å². The van der Waals surface area contributed by atoms with Crippen LogP contribution >= 0.6 is 11.6 Å². The van der Waals surface area contributed by atoms with Crippen LogP contribution in [0.25, 0.3) is 16.7 Å². The fraction of sp³-hybridized carbons (Fsp3) is 0.348. The molecule has 0 radical (unpaired) electrons. The summed E-state index contributed by atoms with van der Waals surface area (Å²) in [4.78, 5) is 12.3. The smallest absolute Gasteiger partial charge is 0.163 e. The molecule has 0 heterocycles. The first-order valence-corrected chi connectivity index (χ1v) is 9.59. The molecule has 2 aromatic carbocycles. The van der Waals surface area contributed by atoms with E-state index >= 15 is 0 Å². The highest BCUT2D eigenvalue weighted by molar-refractivity contribution is 6.30. The molecule has 136 valence electrons. The first-order valence-electron chi connectivity index (χ1n) is 9.22. The van der Waals surface area contributed by atoms with Crippen LogP contribution in [0, 0.1) is 5.41 Å². The molecule has 0 amide bonds. The molecule has 0 unspecified atom stereocenters. The minimum absolute atomic E-state index is 0.0893. The van der Waals surface area contributed by atoms with Crippen LogP contribution in [-0.4, -0.2) is 10.9 Å². The average Bonchev–Trinajstić information content (AvgIpc) is 2.63. The third-order valence-electron chi connectivity index (χ3n) is 5.47. The van der Waals surface area contributed by atoms with Crippen LogP contribution in [0.5, 0.6) is 0 Å². The molecule has 0 bridgehead atoms. The Morgan fingerprint density at radius 3 is 1.92 bits per heavy atom. The van der Waals surface area contributed by atoms with Gasteiger partial charge in [-0.25, -0.2) is 0 Å². The molecule has 2 nitrogen and oxygen atoms in total. The maximum Gasteiger partial charge on any atom is 0.163 e. The van der Waals surface area contributed by atoms with Crippen LogP contribution < -0.4 is 0 Å². The summed E-state index contributed by atoms with van der Waals surface area (Å²) in [6.45, 7) is 3.61. The van der Waals surface area contributed by atoms with Gasteiger partial charge in [0.15, 0.2) is 5.78 Å². The molecule has 0 saturated heterocycles. The van der Waals surface area contributed by atoms with Crippen LogP contribution in [0.3, 0.4) is 0 Å². The maximum atomic E-state index is 12.3. The Morgan fingerprint density at radius 1 is 0.923 bits per heavy atom. The topological polar surface area (TPSA) is 37.3 Å². The molecule has 1 fully saturated rings. The van der Waals surface area contributed by atoms with Crippen molar-refractivity contribution in [2.24, 2.45) is 5.41 Å². The molecule has 0 spiro atoms. The van der Waals surface area contributed by atoms with Crippen LogP contribution in [0.1, 0.15) is 51.5 Å². The van der Waals surface area contributed by atoms with E-state index in [2.05, 4.69) is 6.92 Å². The van der Waals surface area contributed by atoms with Crippen molar-refractivity contribution in [2.45, 2.75) is 46.0 Å². The Balaban J connectivity index is 1.97. The van der Waals surface area contributed by atoms with Gasteiger partial charge >= 0.3 is 0 Å². The largest absolute Gasteiger partial charge is 0.511 e. The first-order chi connectivity index (χ1) is 12.4. The van der Waals surface area contributed by atoms with E-state index < -0.39 is 0 Å². The number of benzene rings is 2. The number of rotatable bonds is 4. The molecule has 1 aliphatic rings. The lowest BCUT2D eigenvalue weighted by Gasteiger charge is -2.34. The first kappa shape index (κ1) is 18.7. The molecule has 3 heteroatoms. The fourth-order valence-electron chi connectivity index (χ4n) is 3.85. The third kappa shape index (κ3) is 3.86. The predicted molar refractivity (Wildman–Crippen MR) is 108 cm³/mol. The number of aliphatic hydroxyl groups is 1. The van der Waals surface area contributed by atoms with E-state index in [4.69, 9.17) is 11.6 Å². The summed E-state index contributed by atoms with van der Waals surface area (Å²) in [7, 11) is 0. The number of aliphatic hydroxyl groups excluding tert-OH is 1. The molecular formula is C23H25ClO2. The van der Waals surface area contributed by atoms with Gasteiger partial charge in [0.05, 0.1) is 5.57 Å². The molecule has 2 aromatic rings. The number of carbonyl (C=O) groups is 1. The van der Waals surface area contributed by atoms with E-state index in [1.165, 1.54) is 13.3 Å². The Morgan fingerprint density at radius 2 is 1.42 bits per heavy atom. The molecule has 3 rings (SSSR count). The van der Waals surface area contributed by atoms with Gasteiger partial charge in [-0.3, -0.25) is 4.79 Å². The van der Waals surface area contributed by atoms with E-state index in [0.29, 0.717) is 10.6 Å². The van der Waals surface area contributed by atoms with Crippen molar-refractivity contribution in [3.63, 3.8) is 0 Å². The second-order valence-electron chi connectivity index (χ2n) is 7.49. The van der Waals surface area contributed by atoms with Crippen molar-refractivity contribution >= 4 is 23.0 Å². The van der Waals surface area contributed by atoms with Gasteiger partial charge in [-0.15, -0.1) is 0 Å². The van der Waals surface area contributed by atoms with Crippen LogP contribution in [0.2, 0.25) is 5.02 Å². The van der Waals surface area contributed by atoms with Gasteiger partial charge < -0.3 is 5.11 Å². The van der Waals surface area contributed by atoms with Gasteiger partial charge in [-0.1, -0.05) is 74.2 Å². The summed E-state index contributed by atoms with van der Waals surface area (Å²) in [5.41, 5.74) is 3.06. The number of Topliss-reactive ketones (excluding diaryl/α,β-unsaturated/α-hetero) is 1. The summed E-state index contributed by atoms with van der Waals surface area (Å²) < 4.78 is 0. The van der Waals surface area contributed by atoms with Gasteiger partial charge in [0.1, 0.15) is 5.76 Å². The maximum absolute atomic E-state index is 12.3. The number of hydrogen-bond acceptors (Lipinski definition) is 2. The van der Waals surface area contributed by atoms with Gasteiger partial charge in [0.2, 0.25) is 0 Å². The monoisotopic (exact) mass is 368 g/mol. The summed E-state index contributed by atoms with van der Waals surface area (Å²) in [6.07, 6.45) is 5.26. The average molecular weight is 369 g/mol. The quantitative estimate of drug-likeness (QED) is 0.474. The van der Waals surface area contributed by atoms with E-state index in [-0.39, 0.29) is 17.0 Å². The van der Waals surface area contributed by atoms with Gasteiger partial charge in [-0.2, -0.15) is 0 Å². The molecular weight excluding hydrogens is 344 g/mol. The number of carbonyl (C=O) groups excluding carboxylic acids is 1. The predicted octanol–water partition coefficient (Wildman–Crippen LogP) is 6.84. The van der Waals surface area contributed by atoms with Crippen LogP contribution in [0.4, 0.5) is 0 Å². The molecule has 0 aliphatic heterocycles. The van der Waals surface area contributed by atoms with Crippen molar-refractivity contribution in [1.29, 1.82) is 0 Å². The Hall–Kier alpha value is -2.06. The van der Waals surface area contributed by atoms with Gasteiger partial charge in [-0.05, 0) is 48.6 Å². The van der Waals surface area contributed by atoms with Gasteiger partial charge in [0.25, 0.3) is 0 Å². The van der Waals surface area contributed by atoms with Crippen molar-refractivity contribution in [2.75, 3.05) is 0 Å². The highest BCUT2D eigenvalue weighted by Gasteiger charge is 2.34. The molecule has 0 aromatic heterocycles. The van der Waals surface area contributed by atoms with Crippen LogP contribution in [-0.2, 0) is 4.79 Å². The molecule has 1 aliphatic carbocycles. The number of halogens is 1. The number of hydrogen-bond donors (Lipinski definition) is 1. The zero-order valence-corrected chi connectivity index (χ0v) is 16.1. The number of ketones is 1. The zero-order valence-electron chi connectivity index (χ0n) is 15.4. The van der Waals surface area contributed by atoms with Gasteiger partial charge in [0, 0.05) is 10.4 Å². The zero-order chi connectivity index (χ0) is 18.7. The molecule has 26 heavy (non-hydrogen) atoms. The Kier molecular flexibility index (Phi) is 5.52. The van der Waals surface area contributed by atoms with E-state index in [1.807, 2.05) is 48.5 Å². The summed E-state index contributed by atoms with van der Waals surface area (Å²) in [6, 6.07) is 15.5. The summed E-state index contributed by atoms with van der Waals surface area (Å²) >= 11 is 5.95. The lowest BCUT2D eigenvalue weighted by atomic mass is 9.72. The van der Waals surface area contributed by atoms with Crippen molar-refractivity contribution in [3.8, 4) is 11.1 Å². The van der Waals surface area contributed by atoms with Crippen molar-refractivity contribution < 1.29 is 9.90 Å². The highest BCUT2D eigenvalue weighted by Crippen LogP contribution is 2.43. The lowest BCUT2D eigenvalue weighted by Crippen LogP contribution is -2.25. The third-order valence-corrected chi connectivity index (χ3v) is 5.72. The highest BCUT2D eigenvalue weighted by atomic mass is 35.5. The summed E-state index contributed by atoms with van der Waals surface area (Å²) in [5.74, 6) is 0.164. The fourth-order valence-corrected chi connectivity index (χ4v) is 3.98. The van der Waals surface area contributed by atoms with E-state index in [1.54, 1.807) is 0 Å². The molecule has 1 saturated carbocycles. The standard InChI is InChI=1S/C23H25ClO2/c1-16(25)21(22(26)23(2)14-4-3-5-15-23)19-8-6-17(7-9-19)18-10-12-20(24)13-11-18/h6-13,26H,3-5,14-15H2,1-2H3/b22-21-. The minimum atomic E-state index is -0.298. The Bertz CT molecular complexity index is 810. The van der Waals surface area contributed by atoms with E-state index in [9.17, 15) is 9.90 Å². The SMILES string of the molecule is CC(=O)/C(=C(/O)C1(C)CCCCC1)c1ccc(-c2ccc(Cl)cc2)cc1. The Labute approximate surface area is 160 Å². The van der Waals surface area contributed by atoms with Crippen molar-refractivity contribution in [3.05, 3.63) is 64.9 Å². The lowest BCUT2D eigenvalue weighted by molar-refractivity contribution is -0.112. The second-order valence-corrected chi connectivity index (χ2v) is 7.92. The number of allylic oxidation sites excluding steroid dienone is 2. The minimum Gasteiger partial charge on any atom is -0.511 e. The normalized spacial score (nSPS) is 17.5. The van der Waals surface area contributed by atoms with Crippen LogP contribution in [0.15, 0.2) is 54.3 Å². The second kappa shape index (κ2) is 7.67.